The Hall–Kier alpha value is -1.10. The molecule has 0 saturated carbocycles. The van der Waals surface area contributed by atoms with Crippen molar-refractivity contribution in [1.29, 1.82) is 5.26 Å². The van der Waals surface area contributed by atoms with Gasteiger partial charge in [-0.15, -0.1) is 0 Å². The number of hydrogen-bond donors (Lipinski definition) is 1. The minimum Gasteiger partial charge on any atom is -0.376 e. The van der Waals surface area contributed by atoms with Crippen LogP contribution in [0, 0.1) is 11.3 Å². The van der Waals surface area contributed by atoms with Crippen LogP contribution in [0.3, 0.4) is 0 Å². The van der Waals surface area contributed by atoms with E-state index in [1.165, 1.54) is 0 Å². The Labute approximate surface area is 146 Å². The largest absolute Gasteiger partial charge is 0.376 e. The smallest absolute Gasteiger partial charge is 0.321 e. The fourth-order valence-electron chi connectivity index (χ4n) is 2.28. The fourth-order valence-corrected chi connectivity index (χ4v) is 3.43. The molecule has 2 rings (SSSR count). The number of amides is 2. The van der Waals surface area contributed by atoms with E-state index in [1.54, 1.807) is 4.90 Å². The number of rotatable bonds is 5. The standard InChI is InChI=1S/C15H17Br2N3O2/c16-11-4-5-14(13(17)9-11)19-15(21)20(7-2-6-18)10-12-3-1-8-22-12/h4-5,9,12H,1-3,7-8,10H2,(H,19,21). The van der Waals surface area contributed by atoms with Crippen LogP contribution in [0.5, 0.6) is 0 Å². The summed E-state index contributed by atoms with van der Waals surface area (Å²) >= 11 is 6.80. The first kappa shape index (κ1) is 17.3. The Morgan fingerprint density at radius 1 is 1.50 bits per heavy atom. The van der Waals surface area contributed by atoms with Gasteiger partial charge in [0, 0.05) is 28.6 Å². The maximum atomic E-state index is 12.5. The number of nitriles is 1. The van der Waals surface area contributed by atoms with Crippen LogP contribution >= 0.6 is 31.9 Å². The monoisotopic (exact) mass is 429 g/mol. The molecule has 1 fully saturated rings. The lowest BCUT2D eigenvalue weighted by atomic mass is 10.2. The number of halogens is 2. The van der Waals surface area contributed by atoms with Crippen LogP contribution in [0.2, 0.25) is 0 Å². The zero-order valence-electron chi connectivity index (χ0n) is 12.0. The molecule has 7 heteroatoms. The lowest BCUT2D eigenvalue weighted by Gasteiger charge is -2.25. The first-order valence-electron chi connectivity index (χ1n) is 7.09. The lowest BCUT2D eigenvalue weighted by molar-refractivity contribution is 0.0841. The summed E-state index contributed by atoms with van der Waals surface area (Å²) < 4.78 is 7.31. The zero-order chi connectivity index (χ0) is 15.9. The second kappa shape index (κ2) is 8.51. The topological polar surface area (TPSA) is 65.4 Å². The molecular weight excluding hydrogens is 414 g/mol. The van der Waals surface area contributed by atoms with Crippen LogP contribution in [0.1, 0.15) is 19.3 Å². The van der Waals surface area contributed by atoms with Gasteiger partial charge in [0.25, 0.3) is 0 Å². The second-order valence-corrected chi connectivity index (χ2v) is 6.81. The minimum atomic E-state index is -0.214. The number of anilines is 1. The predicted molar refractivity (Wildman–Crippen MR) is 91.6 cm³/mol. The molecule has 0 bridgehead atoms. The average Bonchev–Trinajstić information content (AvgIpc) is 2.99. The second-order valence-electron chi connectivity index (χ2n) is 5.04. The third kappa shape index (κ3) is 4.97. The molecule has 118 valence electrons. The number of hydrogen-bond acceptors (Lipinski definition) is 3. The maximum Gasteiger partial charge on any atom is 0.321 e. The van der Waals surface area contributed by atoms with E-state index < -0.39 is 0 Å². The van der Waals surface area contributed by atoms with Gasteiger partial charge in [0.15, 0.2) is 0 Å². The number of ether oxygens (including phenoxy) is 1. The number of nitrogens with one attached hydrogen (secondary N) is 1. The van der Waals surface area contributed by atoms with Crippen molar-refractivity contribution in [3.8, 4) is 6.07 Å². The van der Waals surface area contributed by atoms with Crippen LogP contribution in [0.4, 0.5) is 10.5 Å². The lowest BCUT2D eigenvalue weighted by Crippen LogP contribution is -2.40. The van der Waals surface area contributed by atoms with Gasteiger partial charge >= 0.3 is 6.03 Å². The summed E-state index contributed by atoms with van der Waals surface area (Å²) in [5.41, 5.74) is 0.697. The first-order chi connectivity index (χ1) is 10.6. The van der Waals surface area contributed by atoms with Gasteiger partial charge in [-0.25, -0.2) is 4.79 Å². The third-order valence-electron chi connectivity index (χ3n) is 3.40. The van der Waals surface area contributed by atoms with Crippen LogP contribution < -0.4 is 5.32 Å². The molecule has 1 aromatic carbocycles. The quantitative estimate of drug-likeness (QED) is 0.763. The molecule has 1 aromatic rings. The van der Waals surface area contributed by atoms with Crippen molar-refractivity contribution in [2.24, 2.45) is 0 Å². The van der Waals surface area contributed by atoms with Crippen molar-refractivity contribution in [1.82, 2.24) is 4.90 Å². The summed E-state index contributed by atoms with van der Waals surface area (Å²) in [5, 5.41) is 11.6. The highest BCUT2D eigenvalue weighted by Gasteiger charge is 2.22. The Morgan fingerprint density at radius 3 is 2.95 bits per heavy atom. The van der Waals surface area contributed by atoms with Crippen molar-refractivity contribution >= 4 is 43.6 Å². The molecule has 0 aromatic heterocycles. The highest BCUT2D eigenvalue weighted by Crippen LogP contribution is 2.26. The molecule has 1 aliphatic heterocycles. The van der Waals surface area contributed by atoms with Crippen LogP contribution in [0.15, 0.2) is 27.1 Å². The Morgan fingerprint density at radius 2 is 2.32 bits per heavy atom. The predicted octanol–water partition coefficient (Wildman–Crippen LogP) is 4.14. The number of benzene rings is 1. The molecule has 0 aliphatic carbocycles. The number of nitrogens with zero attached hydrogens (tertiary/aromatic N) is 2. The fraction of sp³-hybridized carbons (Fsp3) is 0.467. The molecule has 1 saturated heterocycles. The van der Waals surface area contributed by atoms with Crippen molar-refractivity contribution in [2.75, 3.05) is 25.0 Å². The summed E-state index contributed by atoms with van der Waals surface area (Å²) in [7, 11) is 0. The molecular formula is C15H17Br2N3O2. The van der Waals surface area contributed by atoms with Crippen molar-refractivity contribution < 1.29 is 9.53 Å². The molecule has 0 radical (unpaired) electrons. The molecule has 1 unspecified atom stereocenters. The Balaban J connectivity index is 2.02. The molecule has 1 atom stereocenters. The highest BCUT2D eigenvalue weighted by molar-refractivity contribution is 9.11. The van der Waals surface area contributed by atoms with E-state index in [9.17, 15) is 4.79 Å². The van der Waals surface area contributed by atoms with Crippen molar-refractivity contribution in [3.05, 3.63) is 27.1 Å². The van der Waals surface area contributed by atoms with Gasteiger partial charge in [0.2, 0.25) is 0 Å². The molecule has 1 aliphatic rings. The number of carbonyl (C=O) groups is 1. The molecule has 1 N–H and O–H groups in total. The van der Waals surface area contributed by atoms with Gasteiger partial charge in [0.05, 0.1) is 24.3 Å². The minimum absolute atomic E-state index is 0.0674. The van der Waals surface area contributed by atoms with Gasteiger partial charge in [-0.1, -0.05) is 15.9 Å². The number of urea groups is 1. The van der Waals surface area contributed by atoms with Gasteiger partial charge in [-0.3, -0.25) is 0 Å². The SMILES string of the molecule is N#CCCN(CC1CCCO1)C(=O)Nc1ccc(Br)cc1Br. The van der Waals surface area contributed by atoms with E-state index in [0.29, 0.717) is 25.2 Å². The third-order valence-corrected chi connectivity index (χ3v) is 4.55. The van der Waals surface area contributed by atoms with Gasteiger partial charge in [0.1, 0.15) is 0 Å². The van der Waals surface area contributed by atoms with E-state index in [4.69, 9.17) is 10.00 Å². The van der Waals surface area contributed by atoms with E-state index in [-0.39, 0.29) is 12.1 Å². The first-order valence-corrected chi connectivity index (χ1v) is 8.68. The summed E-state index contributed by atoms with van der Waals surface area (Å²) in [5.74, 6) is 0. The van der Waals surface area contributed by atoms with E-state index in [2.05, 4.69) is 43.2 Å². The molecule has 5 nitrogen and oxygen atoms in total. The maximum absolute atomic E-state index is 12.5. The van der Waals surface area contributed by atoms with E-state index in [0.717, 1.165) is 28.4 Å². The van der Waals surface area contributed by atoms with Crippen molar-refractivity contribution in [3.63, 3.8) is 0 Å². The highest BCUT2D eigenvalue weighted by atomic mass is 79.9. The Bertz CT molecular complexity index is 568. The van der Waals surface area contributed by atoms with Gasteiger partial charge in [-0.2, -0.15) is 5.26 Å². The summed E-state index contributed by atoms with van der Waals surface area (Å²) in [6.07, 6.45) is 2.36. The van der Waals surface area contributed by atoms with Gasteiger partial charge in [-0.05, 0) is 47.0 Å². The zero-order valence-corrected chi connectivity index (χ0v) is 15.2. The molecule has 2 amide bonds. The Kier molecular flexibility index (Phi) is 6.68. The average molecular weight is 431 g/mol. The van der Waals surface area contributed by atoms with Crippen LogP contribution in [-0.2, 0) is 4.74 Å². The number of carbonyl (C=O) groups excluding carboxylic acids is 1. The molecule has 1 heterocycles. The van der Waals surface area contributed by atoms with Crippen LogP contribution in [-0.4, -0.2) is 36.7 Å². The molecule has 0 spiro atoms. The summed E-state index contributed by atoms with van der Waals surface area (Å²) in [6, 6.07) is 7.42. The van der Waals surface area contributed by atoms with E-state index >= 15 is 0 Å². The summed E-state index contributed by atoms with van der Waals surface area (Å²) in [4.78, 5) is 14.1. The molecule has 22 heavy (non-hydrogen) atoms. The van der Waals surface area contributed by atoms with E-state index in [1.807, 2.05) is 18.2 Å². The normalized spacial score (nSPS) is 17.0. The van der Waals surface area contributed by atoms with Crippen LogP contribution in [0.25, 0.3) is 0 Å². The van der Waals surface area contributed by atoms with Crippen molar-refractivity contribution in [2.45, 2.75) is 25.4 Å². The van der Waals surface area contributed by atoms with Gasteiger partial charge < -0.3 is 15.0 Å². The summed E-state index contributed by atoms with van der Waals surface area (Å²) in [6.45, 7) is 1.66.